The smallest absolute Gasteiger partial charge is 0.320 e. The van der Waals surface area contributed by atoms with E-state index in [0.29, 0.717) is 21.4 Å². The van der Waals surface area contributed by atoms with Crippen LogP contribution in [0.2, 0.25) is 10.0 Å². The minimum absolute atomic E-state index is 0.0804. The van der Waals surface area contributed by atoms with Crippen molar-refractivity contribution in [2.45, 2.75) is 0 Å². The Kier molecular flexibility index (Phi) is 3.19. The van der Waals surface area contributed by atoms with Crippen molar-refractivity contribution in [2.24, 2.45) is 0 Å². The molecule has 0 fully saturated rings. The number of fused-ring (bicyclic) bond motifs is 1. The van der Waals surface area contributed by atoms with Crippen LogP contribution >= 0.6 is 23.2 Å². The Bertz CT molecular complexity index is 805. The second-order valence-electron chi connectivity index (χ2n) is 3.91. The molecule has 1 N–H and O–H groups in total. The lowest BCUT2D eigenvalue weighted by Gasteiger charge is -2.00. The Morgan fingerprint density at radius 3 is 2.75 bits per heavy atom. The number of benzene rings is 1. The summed E-state index contributed by atoms with van der Waals surface area (Å²) in [5, 5.41) is 0.933. The van der Waals surface area contributed by atoms with E-state index >= 15 is 0 Å². The van der Waals surface area contributed by atoms with Crippen LogP contribution in [-0.4, -0.2) is 27.0 Å². The Balaban J connectivity index is 2.22. The molecule has 102 valence electrons. The fourth-order valence-corrected chi connectivity index (χ4v) is 2.12. The molecular weight excluding hydrogens is 306 g/mol. The van der Waals surface area contributed by atoms with Gasteiger partial charge in [0.1, 0.15) is 11.3 Å². The molecule has 0 spiro atoms. The van der Waals surface area contributed by atoms with Crippen molar-refractivity contribution in [2.75, 3.05) is 7.11 Å². The van der Waals surface area contributed by atoms with Crippen LogP contribution in [-0.2, 0) is 0 Å². The molecule has 1 aromatic carbocycles. The number of H-pyrrole nitrogens is 1. The van der Waals surface area contributed by atoms with E-state index in [-0.39, 0.29) is 17.2 Å². The lowest BCUT2D eigenvalue weighted by molar-refractivity contribution is 0.372. The Morgan fingerprint density at radius 1 is 1.20 bits per heavy atom. The molecule has 0 amide bonds. The number of ether oxygens (including phenoxy) is 1. The normalized spacial score (nSPS) is 11.0. The summed E-state index contributed by atoms with van der Waals surface area (Å²) in [5.41, 5.74) is 0.785. The van der Waals surface area contributed by atoms with Crippen molar-refractivity contribution in [3.8, 4) is 17.4 Å². The third kappa shape index (κ3) is 2.17. The first-order valence-corrected chi connectivity index (χ1v) is 6.26. The summed E-state index contributed by atoms with van der Waals surface area (Å²) in [4.78, 5) is 14.5. The van der Waals surface area contributed by atoms with E-state index in [2.05, 4.69) is 19.9 Å². The molecule has 0 aliphatic heterocycles. The van der Waals surface area contributed by atoms with Crippen LogP contribution in [0.15, 0.2) is 18.2 Å². The number of hydrogen-bond acceptors (Lipinski definition) is 4. The highest BCUT2D eigenvalue weighted by molar-refractivity contribution is 6.35. The summed E-state index contributed by atoms with van der Waals surface area (Å²) in [7, 11) is 1.35. The number of nitrogens with zero attached hydrogens (tertiary/aromatic N) is 3. The minimum atomic E-state index is -0.747. The second kappa shape index (κ2) is 4.88. The highest BCUT2D eigenvalue weighted by atomic mass is 35.5. The Morgan fingerprint density at radius 2 is 2.00 bits per heavy atom. The number of hydrogen-bond donors (Lipinski definition) is 1. The van der Waals surface area contributed by atoms with Crippen LogP contribution in [0.1, 0.15) is 0 Å². The highest BCUT2D eigenvalue weighted by Gasteiger charge is 2.15. The van der Waals surface area contributed by atoms with Gasteiger partial charge in [-0.3, -0.25) is 0 Å². The third-order valence-electron chi connectivity index (χ3n) is 2.65. The molecule has 0 radical (unpaired) electrons. The lowest BCUT2D eigenvalue weighted by Crippen LogP contribution is -1.95. The maximum absolute atomic E-state index is 13.8. The van der Waals surface area contributed by atoms with E-state index in [0.717, 1.165) is 0 Å². The molecule has 0 unspecified atom stereocenters. The molecule has 0 aliphatic rings. The van der Waals surface area contributed by atoms with Crippen molar-refractivity contribution in [1.29, 1.82) is 0 Å². The summed E-state index contributed by atoms with van der Waals surface area (Å²) in [6.45, 7) is 0. The topological polar surface area (TPSA) is 63.7 Å². The molecule has 8 heteroatoms. The van der Waals surface area contributed by atoms with Crippen LogP contribution < -0.4 is 4.74 Å². The van der Waals surface area contributed by atoms with Crippen LogP contribution in [0, 0.1) is 5.95 Å². The molecule has 0 aliphatic carbocycles. The van der Waals surface area contributed by atoms with Crippen molar-refractivity contribution in [1.82, 2.24) is 19.9 Å². The SMILES string of the molecule is COc1nc(F)c2[nH]c(-c3cc(Cl)ccc3Cl)nc2n1. The van der Waals surface area contributed by atoms with E-state index in [1.54, 1.807) is 18.2 Å². The van der Waals surface area contributed by atoms with Crippen molar-refractivity contribution < 1.29 is 9.13 Å². The molecule has 3 rings (SSSR count). The van der Waals surface area contributed by atoms with E-state index < -0.39 is 5.95 Å². The standard InChI is InChI=1S/C12H7Cl2FN4O/c1-20-12-17-9(15)8-11(19-12)18-10(16-8)6-4-5(13)2-3-7(6)14/h2-4H,1H3,(H,16,17,18,19). The number of rotatable bonds is 2. The number of imidazole rings is 1. The van der Waals surface area contributed by atoms with E-state index in [4.69, 9.17) is 27.9 Å². The molecule has 3 aromatic rings. The number of aromatic nitrogens is 4. The lowest BCUT2D eigenvalue weighted by atomic mass is 10.2. The van der Waals surface area contributed by atoms with Gasteiger partial charge in [0.15, 0.2) is 5.65 Å². The van der Waals surface area contributed by atoms with Gasteiger partial charge < -0.3 is 9.72 Å². The van der Waals surface area contributed by atoms with Gasteiger partial charge >= 0.3 is 6.01 Å². The minimum Gasteiger partial charge on any atom is -0.467 e. The van der Waals surface area contributed by atoms with Crippen molar-refractivity contribution >= 4 is 34.4 Å². The first kappa shape index (κ1) is 13.1. The molecule has 2 heterocycles. The quantitative estimate of drug-likeness (QED) is 0.736. The molecule has 2 aromatic heterocycles. The number of aromatic amines is 1. The molecular formula is C12H7Cl2FN4O. The van der Waals surface area contributed by atoms with Gasteiger partial charge in [-0.1, -0.05) is 23.2 Å². The van der Waals surface area contributed by atoms with E-state index in [1.807, 2.05) is 0 Å². The largest absolute Gasteiger partial charge is 0.467 e. The zero-order valence-electron chi connectivity index (χ0n) is 10.1. The first-order valence-electron chi connectivity index (χ1n) is 5.51. The van der Waals surface area contributed by atoms with Gasteiger partial charge in [0.2, 0.25) is 5.95 Å². The van der Waals surface area contributed by atoms with Gasteiger partial charge in [-0.15, -0.1) is 0 Å². The van der Waals surface area contributed by atoms with Crippen LogP contribution in [0.3, 0.4) is 0 Å². The van der Waals surface area contributed by atoms with Crippen LogP contribution in [0.4, 0.5) is 4.39 Å². The fraction of sp³-hybridized carbons (Fsp3) is 0.0833. The summed E-state index contributed by atoms with van der Waals surface area (Å²) < 4.78 is 18.6. The van der Waals surface area contributed by atoms with Gasteiger partial charge in [0, 0.05) is 10.6 Å². The zero-order valence-corrected chi connectivity index (χ0v) is 11.6. The van der Waals surface area contributed by atoms with Crippen LogP contribution in [0.25, 0.3) is 22.6 Å². The summed E-state index contributed by atoms with van der Waals surface area (Å²) in [6.07, 6.45) is 0. The average Bonchev–Trinajstić information content (AvgIpc) is 2.85. The predicted octanol–water partition coefficient (Wildman–Crippen LogP) is 3.47. The molecule has 0 saturated carbocycles. The number of nitrogens with one attached hydrogen (secondary N) is 1. The fourth-order valence-electron chi connectivity index (χ4n) is 1.74. The second-order valence-corrected chi connectivity index (χ2v) is 4.75. The maximum atomic E-state index is 13.8. The van der Waals surface area contributed by atoms with Crippen molar-refractivity contribution in [3.63, 3.8) is 0 Å². The van der Waals surface area contributed by atoms with Gasteiger partial charge in [-0.05, 0) is 18.2 Å². The van der Waals surface area contributed by atoms with Gasteiger partial charge in [-0.25, -0.2) is 4.98 Å². The van der Waals surface area contributed by atoms with E-state index in [9.17, 15) is 4.39 Å². The predicted molar refractivity (Wildman–Crippen MR) is 73.6 cm³/mol. The Hall–Kier alpha value is -1.92. The van der Waals surface area contributed by atoms with Crippen LogP contribution in [0.5, 0.6) is 6.01 Å². The molecule has 0 saturated heterocycles. The molecule has 5 nitrogen and oxygen atoms in total. The van der Waals surface area contributed by atoms with Gasteiger partial charge in [-0.2, -0.15) is 14.4 Å². The maximum Gasteiger partial charge on any atom is 0.320 e. The summed E-state index contributed by atoms with van der Waals surface area (Å²) in [6, 6.07) is 4.82. The third-order valence-corrected chi connectivity index (χ3v) is 3.22. The average molecular weight is 313 g/mol. The van der Waals surface area contributed by atoms with Gasteiger partial charge in [0.05, 0.1) is 12.1 Å². The molecule has 0 bridgehead atoms. The first-order chi connectivity index (χ1) is 9.58. The van der Waals surface area contributed by atoms with E-state index in [1.165, 1.54) is 7.11 Å². The highest BCUT2D eigenvalue weighted by Crippen LogP contribution is 2.30. The number of methoxy groups -OCH3 is 1. The Labute approximate surface area is 122 Å². The summed E-state index contributed by atoms with van der Waals surface area (Å²) >= 11 is 12.0. The zero-order chi connectivity index (χ0) is 14.3. The number of halogens is 3. The molecule has 0 atom stereocenters. The monoisotopic (exact) mass is 312 g/mol. The molecule has 20 heavy (non-hydrogen) atoms. The van der Waals surface area contributed by atoms with Crippen molar-refractivity contribution in [3.05, 3.63) is 34.2 Å². The van der Waals surface area contributed by atoms with Gasteiger partial charge in [0.25, 0.3) is 0 Å². The summed E-state index contributed by atoms with van der Waals surface area (Å²) in [5.74, 6) is -0.391.